The van der Waals surface area contributed by atoms with Crippen LogP contribution in [0, 0.1) is 0 Å². The van der Waals surface area contributed by atoms with Crippen molar-refractivity contribution in [2.75, 3.05) is 0 Å². The van der Waals surface area contributed by atoms with Gasteiger partial charge in [-0.2, -0.15) is 0 Å². The van der Waals surface area contributed by atoms with Crippen LogP contribution < -0.4 is 0 Å². The van der Waals surface area contributed by atoms with Crippen LogP contribution in [0.5, 0.6) is 0 Å². The first-order chi connectivity index (χ1) is 23.8. The average Bonchev–Trinajstić information content (AvgIpc) is 3.58. The Morgan fingerprint density at radius 3 is 1.29 bits per heavy atom. The van der Waals surface area contributed by atoms with Crippen LogP contribution in [0.4, 0.5) is 0 Å². The Balaban J connectivity index is 1.15. The van der Waals surface area contributed by atoms with Crippen molar-refractivity contribution < 1.29 is 0 Å². The SMILES string of the molecule is c1ccc(-n2c3c(c4cc(-c5cccc(-c6ccc7c(c6)c6c(n7-c7ccccc7)CCCCCC6)n5)ccc42)CCCCCC3)cc1. The van der Waals surface area contributed by atoms with Gasteiger partial charge < -0.3 is 9.13 Å². The summed E-state index contributed by atoms with van der Waals surface area (Å²) in [6.45, 7) is 0. The molecule has 9 rings (SSSR count). The fraction of sp³-hybridized carbons (Fsp3) is 0.267. The number of aryl methyl sites for hydroxylation is 2. The van der Waals surface area contributed by atoms with Crippen molar-refractivity contribution in [3.8, 4) is 33.9 Å². The molecular weight excluding hydrogens is 583 g/mol. The van der Waals surface area contributed by atoms with Crippen LogP contribution in [0.25, 0.3) is 55.7 Å². The van der Waals surface area contributed by atoms with Gasteiger partial charge in [-0.3, -0.25) is 0 Å². The minimum atomic E-state index is 1.04. The summed E-state index contributed by atoms with van der Waals surface area (Å²) in [6.07, 6.45) is 14.9. The zero-order valence-corrected chi connectivity index (χ0v) is 27.8. The summed E-state index contributed by atoms with van der Waals surface area (Å²) in [6, 6.07) is 42.5. The molecule has 0 bridgehead atoms. The number of fused-ring (bicyclic) bond motifs is 6. The second kappa shape index (κ2) is 12.6. The molecule has 7 aromatic rings. The van der Waals surface area contributed by atoms with Gasteiger partial charge >= 0.3 is 0 Å². The first kappa shape index (κ1) is 29.3. The molecule has 0 amide bonds. The van der Waals surface area contributed by atoms with Crippen molar-refractivity contribution in [3.05, 3.63) is 138 Å². The highest BCUT2D eigenvalue weighted by atomic mass is 15.0. The molecule has 48 heavy (non-hydrogen) atoms. The van der Waals surface area contributed by atoms with Crippen LogP contribution in [-0.4, -0.2) is 14.1 Å². The zero-order chi connectivity index (χ0) is 31.9. The molecule has 2 aliphatic carbocycles. The van der Waals surface area contributed by atoms with Gasteiger partial charge in [-0.05, 0) is 123 Å². The Bertz CT molecular complexity index is 2080. The molecule has 0 unspecified atom stereocenters. The molecule has 0 aliphatic heterocycles. The van der Waals surface area contributed by atoms with Gasteiger partial charge in [0.15, 0.2) is 0 Å². The van der Waals surface area contributed by atoms with Gasteiger partial charge in [0, 0.05) is 44.7 Å². The summed E-state index contributed by atoms with van der Waals surface area (Å²) in [4.78, 5) is 5.33. The molecule has 0 atom stereocenters. The van der Waals surface area contributed by atoms with E-state index in [4.69, 9.17) is 4.98 Å². The predicted octanol–water partition coefficient (Wildman–Crippen LogP) is 11.6. The Labute approximate surface area is 283 Å². The molecule has 2 aliphatic rings. The molecule has 0 radical (unpaired) electrons. The molecule has 0 spiro atoms. The van der Waals surface area contributed by atoms with E-state index in [1.54, 1.807) is 0 Å². The predicted molar refractivity (Wildman–Crippen MR) is 201 cm³/mol. The summed E-state index contributed by atoms with van der Waals surface area (Å²) in [5.74, 6) is 0. The first-order valence-corrected chi connectivity index (χ1v) is 18.2. The Hall–Kier alpha value is -4.89. The lowest BCUT2D eigenvalue weighted by atomic mass is 9.95. The average molecular weight is 626 g/mol. The number of hydrogen-bond acceptors (Lipinski definition) is 1. The minimum absolute atomic E-state index is 1.04. The third kappa shape index (κ3) is 5.17. The maximum atomic E-state index is 5.33. The van der Waals surface area contributed by atoms with Crippen molar-refractivity contribution >= 4 is 21.8 Å². The number of hydrogen-bond donors (Lipinski definition) is 0. The summed E-state index contributed by atoms with van der Waals surface area (Å²) >= 11 is 0. The number of pyridine rings is 1. The van der Waals surface area contributed by atoms with Gasteiger partial charge in [-0.25, -0.2) is 4.98 Å². The monoisotopic (exact) mass is 625 g/mol. The third-order valence-electron chi connectivity index (χ3n) is 10.9. The maximum absolute atomic E-state index is 5.33. The van der Waals surface area contributed by atoms with Gasteiger partial charge in [0.05, 0.1) is 22.4 Å². The fourth-order valence-electron chi connectivity index (χ4n) is 8.61. The van der Waals surface area contributed by atoms with E-state index in [0.717, 1.165) is 37.1 Å². The lowest BCUT2D eigenvalue weighted by Crippen LogP contribution is -2.04. The van der Waals surface area contributed by atoms with Crippen molar-refractivity contribution in [1.29, 1.82) is 0 Å². The zero-order valence-electron chi connectivity index (χ0n) is 27.8. The van der Waals surface area contributed by atoms with Gasteiger partial charge in [-0.15, -0.1) is 0 Å². The molecule has 0 fully saturated rings. The molecule has 0 saturated heterocycles. The largest absolute Gasteiger partial charge is 0.313 e. The van der Waals surface area contributed by atoms with Crippen LogP contribution in [0.3, 0.4) is 0 Å². The van der Waals surface area contributed by atoms with Crippen LogP contribution in [0.15, 0.2) is 115 Å². The highest BCUT2D eigenvalue weighted by Crippen LogP contribution is 2.38. The normalized spacial score (nSPS) is 15.3. The quantitative estimate of drug-likeness (QED) is 0.191. The summed E-state index contributed by atoms with van der Waals surface area (Å²) in [7, 11) is 0. The van der Waals surface area contributed by atoms with Crippen LogP contribution >= 0.6 is 0 Å². The standard InChI is InChI=1S/C45H43N3/c1-3-13-24-42-36(20-11-1)38-30-32(26-28-44(38)47(42)34-16-7-5-8-17-34)40-22-15-23-41(46-40)33-27-29-45-39(31-33)37-21-12-2-4-14-25-43(37)48(45)35-18-9-6-10-19-35/h5-10,15-19,22-23,26-31H,1-4,11-14,20-21,24-25H2. The van der Waals surface area contributed by atoms with E-state index in [9.17, 15) is 0 Å². The number of aromatic nitrogens is 3. The van der Waals surface area contributed by atoms with Crippen molar-refractivity contribution in [2.45, 2.75) is 77.0 Å². The summed E-state index contributed by atoms with van der Waals surface area (Å²) in [5.41, 5.74) is 15.7. The Morgan fingerprint density at radius 1 is 0.396 bits per heavy atom. The Kier molecular flexibility index (Phi) is 7.69. The number of nitrogens with zero attached hydrogens (tertiary/aromatic N) is 3. The van der Waals surface area contributed by atoms with Gasteiger partial charge in [-0.1, -0.05) is 80.3 Å². The van der Waals surface area contributed by atoms with Gasteiger partial charge in [0.25, 0.3) is 0 Å². The summed E-state index contributed by atoms with van der Waals surface area (Å²) in [5, 5.41) is 2.78. The molecular formula is C45H43N3. The second-order valence-corrected chi connectivity index (χ2v) is 13.9. The van der Waals surface area contributed by atoms with E-state index < -0.39 is 0 Å². The molecule has 0 saturated carbocycles. The smallest absolute Gasteiger partial charge is 0.0709 e. The highest BCUT2D eigenvalue weighted by molar-refractivity contribution is 5.93. The third-order valence-corrected chi connectivity index (χ3v) is 10.9. The van der Waals surface area contributed by atoms with E-state index in [-0.39, 0.29) is 0 Å². The van der Waals surface area contributed by atoms with E-state index in [2.05, 4.69) is 124 Å². The van der Waals surface area contributed by atoms with E-state index in [0.29, 0.717) is 0 Å². The van der Waals surface area contributed by atoms with Crippen LogP contribution in [-0.2, 0) is 25.7 Å². The van der Waals surface area contributed by atoms with Crippen LogP contribution in [0.1, 0.15) is 73.9 Å². The molecule has 238 valence electrons. The minimum Gasteiger partial charge on any atom is -0.313 e. The topological polar surface area (TPSA) is 22.8 Å². The second-order valence-electron chi connectivity index (χ2n) is 13.9. The van der Waals surface area contributed by atoms with Crippen molar-refractivity contribution in [2.24, 2.45) is 0 Å². The number of para-hydroxylation sites is 2. The maximum Gasteiger partial charge on any atom is 0.0709 e. The molecule has 3 heteroatoms. The van der Waals surface area contributed by atoms with E-state index >= 15 is 0 Å². The number of benzene rings is 4. The molecule has 3 heterocycles. The van der Waals surface area contributed by atoms with E-state index in [1.807, 2.05) is 0 Å². The van der Waals surface area contributed by atoms with Crippen molar-refractivity contribution in [1.82, 2.24) is 14.1 Å². The number of rotatable bonds is 4. The molecule has 3 nitrogen and oxygen atoms in total. The summed E-state index contributed by atoms with van der Waals surface area (Å²) < 4.78 is 5.07. The fourth-order valence-corrected chi connectivity index (χ4v) is 8.61. The highest BCUT2D eigenvalue weighted by Gasteiger charge is 2.22. The van der Waals surface area contributed by atoms with Gasteiger partial charge in [0.2, 0.25) is 0 Å². The van der Waals surface area contributed by atoms with Crippen LogP contribution in [0.2, 0.25) is 0 Å². The Morgan fingerprint density at radius 2 is 0.833 bits per heavy atom. The molecule has 4 aromatic carbocycles. The lowest BCUT2D eigenvalue weighted by Gasteiger charge is -2.14. The van der Waals surface area contributed by atoms with Gasteiger partial charge in [0.1, 0.15) is 0 Å². The lowest BCUT2D eigenvalue weighted by molar-refractivity contribution is 0.608. The van der Waals surface area contributed by atoms with Crippen molar-refractivity contribution in [3.63, 3.8) is 0 Å². The molecule has 0 N–H and O–H groups in total. The molecule has 3 aromatic heterocycles. The first-order valence-electron chi connectivity index (χ1n) is 18.2. The van der Waals surface area contributed by atoms with E-state index in [1.165, 1.54) is 118 Å².